The van der Waals surface area contributed by atoms with Crippen molar-refractivity contribution in [2.24, 2.45) is 0 Å². The number of para-hydroxylation sites is 3. The number of rotatable bonds is 7. The first-order valence-corrected chi connectivity index (χ1v) is 10.1. The van der Waals surface area contributed by atoms with Gasteiger partial charge in [0.25, 0.3) is 0 Å². The maximum absolute atomic E-state index is 12.6. The van der Waals surface area contributed by atoms with Crippen LogP contribution in [-0.4, -0.2) is 50.1 Å². The number of hydrogen-bond acceptors (Lipinski definition) is 4. The first-order chi connectivity index (χ1) is 13.5. The minimum atomic E-state index is 0.00931. The van der Waals surface area contributed by atoms with Crippen molar-refractivity contribution in [1.82, 2.24) is 4.90 Å². The minimum Gasteiger partial charge on any atom is -0.485 e. The molecule has 2 aromatic rings. The van der Waals surface area contributed by atoms with E-state index in [-0.39, 0.29) is 12.0 Å². The Morgan fingerprint density at radius 1 is 1.21 bits per heavy atom. The summed E-state index contributed by atoms with van der Waals surface area (Å²) in [7, 11) is 1.97. The van der Waals surface area contributed by atoms with E-state index in [1.807, 2.05) is 49.2 Å². The van der Waals surface area contributed by atoms with Gasteiger partial charge in [0.2, 0.25) is 5.91 Å². The number of hydrogen-bond donors (Lipinski definition) is 1. The van der Waals surface area contributed by atoms with Gasteiger partial charge in [-0.1, -0.05) is 37.3 Å². The molecule has 0 aromatic heterocycles. The van der Waals surface area contributed by atoms with E-state index in [1.54, 1.807) is 0 Å². The van der Waals surface area contributed by atoms with Crippen LogP contribution in [-0.2, 0) is 11.2 Å². The molecule has 0 aliphatic carbocycles. The van der Waals surface area contributed by atoms with Crippen molar-refractivity contribution in [2.45, 2.75) is 33.3 Å². The number of amides is 1. The monoisotopic (exact) mass is 381 g/mol. The summed E-state index contributed by atoms with van der Waals surface area (Å²) in [5.74, 6) is 0.931. The van der Waals surface area contributed by atoms with Gasteiger partial charge < -0.3 is 15.0 Å². The Morgan fingerprint density at radius 2 is 2.00 bits per heavy atom. The average molecular weight is 382 g/mol. The van der Waals surface area contributed by atoms with Crippen LogP contribution in [0.5, 0.6) is 5.75 Å². The summed E-state index contributed by atoms with van der Waals surface area (Å²) in [5.41, 5.74) is 4.36. The number of ether oxygens (including phenoxy) is 1. The number of aryl methyl sites for hydroxylation is 2. The van der Waals surface area contributed by atoms with Crippen molar-refractivity contribution < 1.29 is 9.53 Å². The molecule has 3 rings (SSSR count). The fourth-order valence-electron chi connectivity index (χ4n) is 3.81. The minimum absolute atomic E-state index is 0.00931. The fraction of sp³-hybridized carbons (Fsp3) is 0.435. The molecule has 0 saturated carbocycles. The van der Waals surface area contributed by atoms with Gasteiger partial charge in [-0.25, -0.2) is 0 Å². The largest absolute Gasteiger partial charge is 0.485 e. The number of likely N-dealkylation sites (N-methyl/N-ethyl adjacent to an activating group) is 2. The normalized spacial score (nSPS) is 15.9. The molecule has 1 aliphatic heterocycles. The quantitative estimate of drug-likeness (QED) is 0.794. The lowest BCUT2D eigenvalue weighted by molar-refractivity contribution is -0.117. The van der Waals surface area contributed by atoms with Crippen molar-refractivity contribution >= 4 is 17.3 Å². The van der Waals surface area contributed by atoms with Crippen LogP contribution in [0.1, 0.15) is 25.0 Å². The summed E-state index contributed by atoms with van der Waals surface area (Å²) in [6, 6.07) is 14.3. The zero-order valence-corrected chi connectivity index (χ0v) is 17.4. The second-order valence-electron chi connectivity index (χ2n) is 7.45. The Labute approximate surface area is 168 Å². The molecule has 1 N–H and O–H groups in total. The Bertz CT molecular complexity index is 821. The molecule has 0 radical (unpaired) electrons. The van der Waals surface area contributed by atoms with E-state index >= 15 is 0 Å². The SMILES string of the molecule is CCc1cccc(C)c1NC(=O)CN(C)CC1CN(CC)c2ccccc2O1. The maximum Gasteiger partial charge on any atom is 0.238 e. The maximum atomic E-state index is 12.6. The summed E-state index contributed by atoms with van der Waals surface area (Å²) in [6.45, 7) is 9.10. The van der Waals surface area contributed by atoms with Gasteiger partial charge in [0.1, 0.15) is 11.9 Å². The average Bonchev–Trinajstić information content (AvgIpc) is 2.68. The van der Waals surface area contributed by atoms with Gasteiger partial charge in [-0.05, 0) is 50.6 Å². The number of carbonyl (C=O) groups is 1. The molecule has 1 unspecified atom stereocenters. The second-order valence-corrected chi connectivity index (χ2v) is 7.45. The van der Waals surface area contributed by atoms with Crippen LogP contribution in [0.2, 0.25) is 0 Å². The summed E-state index contributed by atoms with van der Waals surface area (Å²) >= 11 is 0. The van der Waals surface area contributed by atoms with E-state index in [0.717, 1.165) is 42.2 Å². The summed E-state index contributed by atoms with van der Waals surface area (Å²) < 4.78 is 6.18. The Kier molecular flexibility index (Phi) is 6.57. The molecule has 28 heavy (non-hydrogen) atoms. The van der Waals surface area contributed by atoms with Gasteiger partial charge in [-0.2, -0.15) is 0 Å². The molecule has 1 aliphatic rings. The zero-order valence-electron chi connectivity index (χ0n) is 17.4. The number of nitrogens with zero attached hydrogens (tertiary/aromatic N) is 2. The summed E-state index contributed by atoms with van der Waals surface area (Å²) in [4.78, 5) is 17.0. The van der Waals surface area contributed by atoms with Crippen LogP contribution in [0.4, 0.5) is 11.4 Å². The van der Waals surface area contributed by atoms with E-state index in [0.29, 0.717) is 13.1 Å². The first kappa shape index (κ1) is 20.2. The predicted molar refractivity (Wildman–Crippen MR) is 115 cm³/mol. The number of anilines is 2. The van der Waals surface area contributed by atoms with Gasteiger partial charge in [0.15, 0.2) is 0 Å². The van der Waals surface area contributed by atoms with E-state index < -0.39 is 0 Å². The molecule has 1 amide bonds. The third-order valence-corrected chi connectivity index (χ3v) is 5.24. The van der Waals surface area contributed by atoms with Crippen LogP contribution in [0, 0.1) is 6.92 Å². The van der Waals surface area contributed by atoms with Crippen LogP contribution < -0.4 is 15.0 Å². The molecule has 5 nitrogen and oxygen atoms in total. The highest BCUT2D eigenvalue weighted by Gasteiger charge is 2.26. The molecular weight excluding hydrogens is 350 g/mol. The lowest BCUT2D eigenvalue weighted by Crippen LogP contribution is -2.46. The van der Waals surface area contributed by atoms with E-state index in [9.17, 15) is 4.79 Å². The van der Waals surface area contributed by atoms with E-state index in [4.69, 9.17) is 4.74 Å². The predicted octanol–water partition coefficient (Wildman–Crippen LogP) is 3.72. The van der Waals surface area contributed by atoms with E-state index in [1.165, 1.54) is 5.56 Å². The Hall–Kier alpha value is -2.53. The number of benzene rings is 2. The van der Waals surface area contributed by atoms with Crippen molar-refractivity contribution in [2.75, 3.05) is 43.4 Å². The van der Waals surface area contributed by atoms with Crippen molar-refractivity contribution in [3.05, 3.63) is 53.6 Å². The van der Waals surface area contributed by atoms with Gasteiger partial charge >= 0.3 is 0 Å². The van der Waals surface area contributed by atoms with Gasteiger partial charge in [-0.3, -0.25) is 9.69 Å². The molecule has 1 atom stereocenters. The van der Waals surface area contributed by atoms with Crippen LogP contribution in [0.3, 0.4) is 0 Å². The Morgan fingerprint density at radius 3 is 2.75 bits per heavy atom. The molecule has 150 valence electrons. The second kappa shape index (κ2) is 9.11. The smallest absolute Gasteiger partial charge is 0.238 e. The fourth-order valence-corrected chi connectivity index (χ4v) is 3.81. The zero-order chi connectivity index (χ0) is 20.1. The molecule has 0 spiro atoms. The third kappa shape index (κ3) is 4.65. The third-order valence-electron chi connectivity index (χ3n) is 5.24. The lowest BCUT2D eigenvalue weighted by Gasteiger charge is -2.37. The van der Waals surface area contributed by atoms with Crippen LogP contribution in [0.15, 0.2) is 42.5 Å². The molecule has 2 aromatic carbocycles. The molecule has 5 heteroatoms. The van der Waals surface area contributed by atoms with Crippen molar-refractivity contribution in [3.63, 3.8) is 0 Å². The van der Waals surface area contributed by atoms with E-state index in [2.05, 4.69) is 36.2 Å². The number of carbonyl (C=O) groups excluding carboxylic acids is 1. The van der Waals surface area contributed by atoms with Gasteiger partial charge in [0, 0.05) is 18.8 Å². The summed E-state index contributed by atoms with van der Waals surface area (Å²) in [5, 5.41) is 3.10. The molecule has 1 heterocycles. The highest BCUT2D eigenvalue weighted by atomic mass is 16.5. The number of fused-ring (bicyclic) bond motifs is 1. The highest BCUT2D eigenvalue weighted by Crippen LogP contribution is 2.32. The highest BCUT2D eigenvalue weighted by molar-refractivity contribution is 5.93. The summed E-state index contributed by atoms with van der Waals surface area (Å²) in [6.07, 6.45) is 0.937. The first-order valence-electron chi connectivity index (χ1n) is 10.1. The van der Waals surface area contributed by atoms with Crippen molar-refractivity contribution in [1.29, 1.82) is 0 Å². The van der Waals surface area contributed by atoms with Gasteiger partial charge in [0.05, 0.1) is 18.8 Å². The molecule has 0 fully saturated rings. The lowest BCUT2D eigenvalue weighted by atomic mass is 10.1. The van der Waals surface area contributed by atoms with Gasteiger partial charge in [-0.15, -0.1) is 0 Å². The Balaban J connectivity index is 1.59. The standard InChI is InChI=1S/C23H31N3O2/c1-5-18-11-9-10-17(3)23(18)24-22(27)16-25(4)14-19-15-26(6-2)20-12-7-8-13-21(20)28-19/h7-13,19H,5-6,14-16H2,1-4H3,(H,24,27). The number of nitrogens with one attached hydrogen (secondary N) is 1. The van der Waals surface area contributed by atoms with Crippen LogP contribution in [0.25, 0.3) is 0 Å². The van der Waals surface area contributed by atoms with Crippen molar-refractivity contribution in [3.8, 4) is 5.75 Å². The molecular formula is C23H31N3O2. The van der Waals surface area contributed by atoms with Crippen LogP contribution >= 0.6 is 0 Å². The topological polar surface area (TPSA) is 44.8 Å². The molecule has 0 bridgehead atoms. The molecule has 0 saturated heterocycles.